The molecule has 2 aromatic heterocycles. The van der Waals surface area contributed by atoms with Crippen LogP contribution in [0.25, 0.3) is 11.5 Å². The van der Waals surface area contributed by atoms with Crippen LogP contribution in [-0.2, 0) is 12.8 Å². The minimum atomic E-state index is -0.115. The summed E-state index contributed by atoms with van der Waals surface area (Å²) in [6.45, 7) is 4.19. The van der Waals surface area contributed by atoms with Gasteiger partial charge in [-0.1, -0.05) is 32.8 Å². The van der Waals surface area contributed by atoms with E-state index in [1.165, 1.54) is 0 Å². The van der Waals surface area contributed by atoms with Gasteiger partial charge >= 0.3 is 0 Å². The monoisotopic (exact) mass is 257 g/mol. The number of pyridine rings is 1. The van der Waals surface area contributed by atoms with Gasteiger partial charge in [-0.2, -0.15) is 0 Å². The molecule has 4 heteroatoms. The first-order valence-electron chi connectivity index (χ1n) is 6.79. The van der Waals surface area contributed by atoms with E-state index in [0.717, 1.165) is 42.8 Å². The second-order valence-corrected chi connectivity index (χ2v) is 4.60. The highest BCUT2D eigenvalue weighted by Crippen LogP contribution is 2.12. The predicted octanol–water partition coefficient (Wildman–Crippen LogP) is 2.74. The summed E-state index contributed by atoms with van der Waals surface area (Å²) >= 11 is 0. The lowest BCUT2D eigenvalue weighted by Crippen LogP contribution is -2.11. The van der Waals surface area contributed by atoms with Gasteiger partial charge in [0.1, 0.15) is 5.69 Å². The Morgan fingerprint density at radius 1 is 1.05 bits per heavy atom. The maximum Gasteiger partial charge on any atom is 0.251 e. The van der Waals surface area contributed by atoms with Crippen LogP contribution < -0.4 is 5.56 Å². The van der Waals surface area contributed by atoms with Crippen LogP contribution in [0.4, 0.5) is 0 Å². The first-order valence-corrected chi connectivity index (χ1v) is 6.79. The SMILES string of the molecule is CCCc1cccc(-c2nc(CCC)cc(=O)[nH]2)n1. The molecule has 0 aliphatic carbocycles. The number of nitrogens with zero attached hydrogens (tertiary/aromatic N) is 2. The molecular weight excluding hydrogens is 238 g/mol. The normalized spacial score (nSPS) is 10.6. The van der Waals surface area contributed by atoms with Crippen molar-refractivity contribution >= 4 is 0 Å². The van der Waals surface area contributed by atoms with Crippen LogP contribution in [0.2, 0.25) is 0 Å². The first-order chi connectivity index (χ1) is 9.22. The molecule has 4 nitrogen and oxygen atoms in total. The van der Waals surface area contributed by atoms with Crippen molar-refractivity contribution in [2.45, 2.75) is 39.5 Å². The van der Waals surface area contributed by atoms with E-state index in [0.29, 0.717) is 5.82 Å². The van der Waals surface area contributed by atoms with Crippen molar-refractivity contribution in [2.75, 3.05) is 0 Å². The third-order valence-electron chi connectivity index (χ3n) is 2.86. The third kappa shape index (κ3) is 3.50. The van der Waals surface area contributed by atoms with Gasteiger partial charge in [-0.25, -0.2) is 9.97 Å². The van der Waals surface area contributed by atoms with Gasteiger partial charge in [0.15, 0.2) is 5.82 Å². The fraction of sp³-hybridized carbons (Fsp3) is 0.400. The van der Waals surface area contributed by atoms with E-state index in [4.69, 9.17) is 0 Å². The minimum Gasteiger partial charge on any atom is -0.305 e. The van der Waals surface area contributed by atoms with E-state index < -0.39 is 0 Å². The van der Waals surface area contributed by atoms with Crippen molar-refractivity contribution in [1.82, 2.24) is 15.0 Å². The fourth-order valence-electron chi connectivity index (χ4n) is 2.02. The zero-order valence-electron chi connectivity index (χ0n) is 11.4. The highest BCUT2D eigenvalue weighted by atomic mass is 16.1. The smallest absolute Gasteiger partial charge is 0.251 e. The molecule has 2 heterocycles. The molecule has 0 amide bonds. The number of rotatable bonds is 5. The molecule has 0 saturated heterocycles. The van der Waals surface area contributed by atoms with Gasteiger partial charge in [0.25, 0.3) is 5.56 Å². The summed E-state index contributed by atoms with van der Waals surface area (Å²) in [5, 5.41) is 0. The van der Waals surface area contributed by atoms with Gasteiger partial charge in [-0.3, -0.25) is 4.79 Å². The molecule has 0 aliphatic rings. The Kier molecular flexibility index (Phi) is 4.44. The topological polar surface area (TPSA) is 58.6 Å². The van der Waals surface area contributed by atoms with Gasteiger partial charge in [0, 0.05) is 17.5 Å². The lowest BCUT2D eigenvalue weighted by molar-refractivity contribution is 0.861. The number of aryl methyl sites for hydroxylation is 2. The Balaban J connectivity index is 2.40. The van der Waals surface area contributed by atoms with Crippen LogP contribution in [0.3, 0.4) is 0 Å². The number of aromatic amines is 1. The van der Waals surface area contributed by atoms with Gasteiger partial charge in [0.2, 0.25) is 0 Å². The summed E-state index contributed by atoms with van der Waals surface area (Å²) in [6, 6.07) is 7.40. The minimum absolute atomic E-state index is 0.115. The van der Waals surface area contributed by atoms with Gasteiger partial charge < -0.3 is 4.98 Å². The van der Waals surface area contributed by atoms with Crippen LogP contribution >= 0.6 is 0 Å². The van der Waals surface area contributed by atoms with E-state index in [9.17, 15) is 4.79 Å². The van der Waals surface area contributed by atoms with E-state index in [1.54, 1.807) is 6.07 Å². The van der Waals surface area contributed by atoms with E-state index in [2.05, 4.69) is 28.8 Å². The van der Waals surface area contributed by atoms with Crippen molar-refractivity contribution in [1.29, 1.82) is 0 Å². The zero-order chi connectivity index (χ0) is 13.7. The average molecular weight is 257 g/mol. The van der Waals surface area contributed by atoms with Crippen molar-refractivity contribution in [3.05, 3.63) is 46.0 Å². The molecule has 2 aromatic rings. The van der Waals surface area contributed by atoms with Gasteiger partial charge in [-0.15, -0.1) is 0 Å². The third-order valence-corrected chi connectivity index (χ3v) is 2.86. The van der Waals surface area contributed by atoms with Crippen LogP contribution in [0, 0.1) is 0 Å². The Morgan fingerprint density at radius 3 is 2.53 bits per heavy atom. The largest absolute Gasteiger partial charge is 0.305 e. The number of H-pyrrole nitrogens is 1. The average Bonchev–Trinajstić information content (AvgIpc) is 2.39. The Hall–Kier alpha value is -1.97. The van der Waals surface area contributed by atoms with Crippen LogP contribution in [0.15, 0.2) is 29.1 Å². The highest BCUT2D eigenvalue weighted by Gasteiger charge is 2.06. The summed E-state index contributed by atoms with van der Waals surface area (Å²) in [5.41, 5.74) is 2.48. The second kappa shape index (κ2) is 6.27. The number of nitrogens with one attached hydrogen (secondary N) is 1. The van der Waals surface area contributed by atoms with Crippen LogP contribution in [0.5, 0.6) is 0 Å². The summed E-state index contributed by atoms with van der Waals surface area (Å²) < 4.78 is 0. The number of hydrogen-bond donors (Lipinski definition) is 1. The summed E-state index contributed by atoms with van der Waals surface area (Å²) in [6.07, 6.45) is 3.77. The molecule has 0 fully saturated rings. The molecule has 0 unspecified atom stereocenters. The highest BCUT2D eigenvalue weighted by molar-refractivity contribution is 5.49. The Bertz CT molecular complexity index is 604. The predicted molar refractivity (Wildman–Crippen MR) is 76.1 cm³/mol. The second-order valence-electron chi connectivity index (χ2n) is 4.60. The van der Waals surface area contributed by atoms with E-state index in [-0.39, 0.29) is 5.56 Å². The first kappa shape index (κ1) is 13.5. The summed E-state index contributed by atoms with van der Waals surface area (Å²) in [5.74, 6) is 0.564. The molecule has 0 aliphatic heterocycles. The molecule has 0 saturated carbocycles. The van der Waals surface area contributed by atoms with E-state index >= 15 is 0 Å². The van der Waals surface area contributed by atoms with E-state index in [1.807, 2.05) is 18.2 Å². The molecule has 1 N–H and O–H groups in total. The van der Waals surface area contributed by atoms with Crippen molar-refractivity contribution in [3.8, 4) is 11.5 Å². The van der Waals surface area contributed by atoms with Crippen LogP contribution in [-0.4, -0.2) is 15.0 Å². The van der Waals surface area contributed by atoms with Crippen molar-refractivity contribution in [3.63, 3.8) is 0 Å². The summed E-state index contributed by atoms with van der Waals surface area (Å²) in [7, 11) is 0. The quantitative estimate of drug-likeness (QED) is 0.896. The lowest BCUT2D eigenvalue weighted by Gasteiger charge is -2.05. The maximum absolute atomic E-state index is 11.6. The molecule has 0 atom stereocenters. The number of aromatic nitrogens is 3. The van der Waals surface area contributed by atoms with Crippen LogP contribution in [0.1, 0.15) is 38.1 Å². The van der Waals surface area contributed by atoms with Gasteiger partial charge in [-0.05, 0) is 25.0 Å². The zero-order valence-corrected chi connectivity index (χ0v) is 11.4. The molecular formula is C15H19N3O. The fourth-order valence-corrected chi connectivity index (χ4v) is 2.02. The van der Waals surface area contributed by atoms with Crippen molar-refractivity contribution in [2.24, 2.45) is 0 Å². The Labute approximate surface area is 112 Å². The maximum atomic E-state index is 11.6. The summed E-state index contributed by atoms with van der Waals surface area (Å²) in [4.78, 5) is 23.4. The van der Waals surface area contributed by atoms with Gasteiger partial charge in [0.05, 0.1) is 0 Å². The molecule has 19 heavy (non-hydrogen) atoms. The number of hydrogen-bond acceptors (Lipinski definition) is 3. The molecule has 100 valence electrons. The molecule has 0 aromatic carbocycles. The lowest BCUT2D eigenvalue weighted by atomic mass is 10.2. The molecule has 0 spiro atoms. The van der Waals surface area contributed by atoms with Crippen molar-refractivity contribution < 1.29 is 0 Å². The Morgan fingerprint density at radius 2 is 1.79 bits per heavy atom. The molecule has 2 rings (SSSR count). The molecule has 0 radical (unpaired) electrons. The standard InChI is InChI=1S/C15H19N3O/c1-3-6-11-8-5-9-13(16-11)15-17-12(7-4-2)10-14(19)18-15/h5,8-10H,3-4,6-7H2,1-2H3,(H,17,18,19). The molecule has 0 bridgehead atoms.